The van der Waals surface area contributed by atoms with Gasteiger partial charge in [0.1, 0.15) is 12.4 Å². The van der Waals surface area contributed by atoms with E-state index in [9.17, 15) is 4.79 Å². The van der Waals surface area contributed by atoms with Gasteiger partial charge in [0.2, 0.25) is 5.91 Å². The van der Waals surface area contributed by atoms with Gasteiger partial charge < -0.3 is 10.1 Å². The molecule has 1 amide bonds. The number of nitrogens with zero attached hydrogens (tertiary/aromatic N) is 2. The lowest BCUT2D eigenvalue weighted by molar-refractivity contribution is -0.116. The number of hydrogen-bond acceptors (Lipinski definition) is 5. The Hall–Kier alpha value is -2.60. The van der Waals surface area contributed by atoms with E-state index >= 15 is 0 Å². The first-order chi connectivity index (χ1) is 11.7. The predicted octanol–water partition coefficient (Wildman–Crippen LogP) is 3.13. The molecule has 0 aromatic heterocycles. The van der Waals surface area contributed by atoms with Crippen LogP contribution in [-0.4, -0.2) is 23.0 Å². The van der Waals surface area contributed by atoms with Crippen LogP contribution in [0.1, 0.15) is 16.7 Å². The highest BCUT2D eigenvalue weighted by Gasteiger charge is 2.15. The van der Waals surface area contributed by atoms with Gasteiger partial charge in [0, 0.05) is 0 Å². The monoisotopic (exact) mass is 339 g/mol. The average molecular weight is 339 g/mol. The number of carbonyl (C=O) groups excluding carboxylic acids is 1. The van der Waals surface area contributed by atoms with E-state index in [1.54, 1.807) is 6.21 Å². The normalized spacial score (nSPS) is 15.9. The van der Waals surface area contributed by atoms with Crippen LogP contribution < -0.4 is 10.1 Å². The number of rotatable bonds is 5. The smallest absolute Gasteiger partial charge is 0.236 e. The van der Waals surface area contributed by atoms with Gasteiger partial charge in [0.25, 0.3) is 0 Å². The fourth-order valence-electron chi connectivity index (χ4n) is 2.03. The maximum absolute atomic E-state index is 11.0. The predicted molar refractivity (Wildman–Crippen MR) is 97.6 cm³/mol. The minimum Gasteiger partial charge on any atom is -0.489 e. The first-order valence-corrected chi connectivity index (χ1v) is 8.50. The minimum atomic E-state index is -0.0379. The number of hydrogen-bond donors (Lipinski definition) is 1. The second kappa shape index (κ2) is 7.79. The van der Waals surface area contributed by atoms with Crippen LogP contribution in [-0.2, 0) is 11.4 Å². The summed E-state index contributed by atoms with van der Waals surface area (Å²) < 4.78 is 5.76. The van der Waals surface area contributed by atoms with Gasteiger partial charge in [-0.05, 0) is 42.3 Å². The number of benzene rings is 2. The second-order valence-corrected chi connectivity index (χ2v) is 6.29. The lowest BCUT2D eigenvalue weighted by Gasteiger charge is -2.06. The molecule has 0 atom stereocenters. The quantitative estimate of drug-likeness (QED) is 0.672. The molecular formula is C18H17N3O2S. The molecule has 122 valence electrons. The van der Waals surface area contributed by atoms with Crippen molar-refractivity contribution in [1.82, 2.24) is 5.32 Å². The standard InChI is InChI=1S/C18H17N3O2S/c1-13-2-4-15(5-3-13)11-23-16-8-6-14(7-9-16)10-19-21-18-20-17(22)12-24-18/h2-10H,11-12H2,1H3,(H,20,21,22). The molecule has 1 N–H and O–H groups in total. The second-order valence-electron chi connectivity index (χ2n) is 5.33. The maximum Gasteiger partial charge on any atom is 0.236 e. The van der Waals surface area contributed by atoms with Gasteiger partial charge in [0.05, 0.1) is 12.0 Å². The molecule has 2 aromatic rings. The molecule has 6 heteroatoms. The van der Waals surface area contributed by atoms with E-state index in [1.165, 1.54) is 17.3 Å². The lowest BCUT2D eigenvalue weighted by Crippen LogP contribution is -2.19. The number of ether oxygens (including phenoxy) is 1. The molecule has 1 aliphatic rings. The first-order valence-electron chi connectivity index (χ1n) is 7.51. The van der Waals surface area contributed by atoms with Crippen LogP contribution in [0, 0.1) is 6.92 Å². The molecule has 0 saturated carbocycles. The Morgan fingerprint density at radius 2 is 1.92 bits per heavy atom. The number of amidine groups is 1. The third kappa shape index (κ3) is 4.70. The van der Waals surface area contributed by atoms with Crippen LogP contribution in [0.15, 0.2) is 58.7 Å². The Balaban J connectivity index is 1.53. The number of nitrogens with one attached hydrogen (secondary N) is 1. The van der Waals surface area contributed by atoms with Gasteiger partial charge in [-0.15, -0.1) is 5.10 Å². The molecule has 3 rings (SSSR count). The van der Waals surface area contributed by atoms with Crippen LogP contribution in [0.2, 0.25) is 0 Å². The Bertz CT molecular complexity index is 768. The van der Waals surface area contributed by atoms with E-state index in [4.69, 9.17) is 4.74 Å². The van der Waals surface area contributed by atoms with Crippen molar-refractivity contribution in [2.75, 3.05) is 5.75 Å². The van der Waals surface area contributed by atoms with Crippen molar-refractivity contribution < 1.29 is 9.53 Å². The van der Waals surface area contributed by atoms with Crippen LogP contribution in [0.25, 0.3) is 0 Å². The molecule has 24 heavy (non-hydrogen) atoms. The molecule has 0 aliphatic carbocycles. The van der Waals surface area contributed by atoms with E-state index in [0.717, 1.165) is 16.9 Å². The van der Waals surface area contributed by atoms with Crippen LogP contribution in [0.4, 0.5) is 0 Å². The third-order valence-electron chi connectivity index (χ3n) is 3.35. The van der Waals surface area contributed by atoms with Crippen molar-refractivity contribution in [3.63, 3.8) is 0 Å². The van der Waals surface area contributed by atoms with Gasteiger partial charge in [-0.25, -0.2) is 0 Å². The van der Waals surface area contributed by atoms with Crippen molar-refractivity contribution in [3.05, 3.63) is 65.2 Å². The molecule has 5 nitrogen and oxygen atoms in total. The van der Waals surface area contributed by atoms with E-state index in [-0.39, 0.29) is 5.91 Å². The average Bonchev–Trinajstić information content (AvgIpc) is 3.01. The molecule has 0 unspecified atom stereocenters. The SMILES string of the molecule is Cc1ccc(COc2ccc(C=NN=C3NC(=O)CS3)cc2)cc1. The van der Waals surface area contributed by atoms with Crippen LogP contribution >= 0.6 is 11.8 Å². The summed E-state index contributed by atoms with van der Waals surface area (Å²) in [5.74, 6) is 1.17. The highest BCUT2D eigenvalue weighted by Crippen LogP contribution is 2.14. The summed E-state index contributed by atoms with van der Waals surface area (Å²) in [6.07, 6.45) is 1.64. The van der Waals surface area contributed by atoms with Gasteiger partial charge in [0.15, 0.2) is 5.17 Å². The largest absolute Gasteiger partial charge is 0.489 e. The first kappa shape index (κ1) is 16.3. The van der Waals surface area contributed by atoms with E-state index in [2.05, 4.69) is 46.7 Å². The molecule has 2 aromatic carbocycles. The van der Waals surface area contributed by atoms with Crippen LogP contribution in [0.3, 0.4) is 0 Å². The zero-order chi connectivity index (χ0) is 16.8. The highest BCUT2D eigenvalue weighted by molar-refractivity contribution is 8.15. The fraction of sp³-hybridized carbons (Fsp3) is 0.167. The van der Waals surface area contributed by atoms with Gasteiger partial charge in [-0.2, -0.15) is 5.10 Å². The molecular weight excluding hydrogens is 322 g/mol. The van der Waals surface area contributed by atoms with E-state index in [0.29, 0.717) is 17.5 Å². The van der Waals surface area contributed by atoms with Crippen molar-refractivity contribution in [2.45, 2.75) is 13.5 Å². The Morgan fingerprint density at radius 1 is 1.17 bits per heavy atom. The summed E-state index contributed by atoms with van der Waals surface area (Å²) >= 11 is 1.35. The highest BCUT2D eigenvalue weighted by atomic mass is 32.2. The zero-order valence-electron chi connectivity index (χ0n) is 13.2. The van der Waals surface area contributed by atoms with Gasteiger partial charge >= 0.3 is 0 Å². The van der Waals surface area contributed by atoms with Crippen molar-refractivity contribution in [2.24, 2.45) is 10.2 Å². The molecule has 0 spiro atoms. The number of amides is 1. The Morgan fingerprint density at radius 3 is 2.58 bits per heavy atom. The number of thioether (sulfide) groups is 1. The molecule has 0 bridgehead atoms. The van der Waals surface area contributed by atoms with Gasteiger partial charge in [-0.1, -0.05) is 41.6 Å². The summed E-state index contributed by atoms with van der Waals surface area (Å²) in [4.78, 5) is 11.0. The molecule has 1 aliphatic heterocycles. The molecule has 1 saturated heterocycles. The summed E-state index contributed by atoms with van der Waals surface area (Å²) in [5, 5.41) is 11.1. The molecule has 1 fully saturated rings. The number of aryl methyl sites for hydroxylation is 1. The lowest BCUT2D eigenvalue weighted by atomic mass is 10.2. The summed E-state index contributed by atoms with van der Waals surface area (Å²) in [6, 6.07) is 15.9. The van der Waals surface area contributed by atoms with Crippen molar-refractivity contribution in [3.8, 4) is 5.75 Å². The Labute approximate surface area is 144 Å². The third-order valence-corrected chi connectivity index (χ3v) is 4.21. The maximum atomic E-state index is 11.0. The Kier molecular flexibility index (Phi) is 5.28. The number of carbonyl (C=O) groups is 1. The summed E-state index contributed by atoms with van der Waals surface area (Å²) in [7, 11) is 0. The summed E-state index contributed by atoms with van der Waals surface area (Å²) in [6.45, 7) is 2.60. The van der Waals surface area contributed by atoms with Gasteiger partial charge in [-0.3, -0.25) is 4.79 Å². The summed E-state index contributed by atoms with van der Waals surface area (Å²) in [5.41, 5.74) is 3.29. The molecule has 0 radical (unpaired) electrons. The molecule has 1 heterocycles. The van der Waals surface area contributed by atoms with Crippen molar-refractivity contribution >= 4 is 29.1 Å². The van der Waals surface area contributed by atoms with Crippen molar-refractivity contribution in [1.29, 1.82) is 0 Å². The van der Waals surface area contributed by atoms with E-state index < -0.39 is 0 Å². The van der Waals surface area contributed by atoms with Crippen LogP contribution in [0.5, 0.6) is 5.75 Å². The fourth-order valence-corrected chi connectivity index (χ4v) is 2.66. The zero-order valence-corrected chi connectivity index (χ0v) is 14.0. The van der Waals surface area contributed by atoms with E-state index in [1.807, 2.05) is 24.3 Å². The minimum absolute atomic E-state index is 0.0379. The topological polar surface area (TPSA) is 63.1 Å².